The van der Waals surface area contributed by atoms with Gasteiger partial charge in [-0.1, -0.05) is 24.3 Å². The highest BCUT2D eigenvalue weighted by Crippen LogP contribution is 2.41. The summed E-state index contributed by atoms with van der Waals surface area (Å²) in [5.41, 5.74) is 1.65. The number of nitriles is 1. The van der Waals surface area contributed by atoms with Gasteiger partial charge in [-0.2, -0.15) is 5.26 Å². The summed E-state index contributed by atoms with van der Waals surface area (Å²) in [4.78, 5) is 36.1. The summed E-state index contributed by atoms with van der Waals surface area (Å²) in [6, 6.07) is 10.8. The van der Waals surface area contributed by atoms with Crippen LogP contribution in [0.3, 0.4) is 0 Å². The lowest BCUT2D eigenvalue weighted by Gasteiger charge is -2.42. The van der Waals surface area contributed by atoms with Crippen molar-refractivity contribution in [2.24, 2.45) is 5.92 Å². The predicted octanol–water partition coefficient (Wildman–Crippen LogP) is 3.52. The number of anilines is 1. The molecule has 5 rings (SSSR count). The number of benzene rings is 1. The Balaban J connectivity index is 1.44. The van der Waals surface area contributed by atoms with Crippen molar-refractivity contribution in [2.45, 2.75) is 31.2 Å². The van der Waals surface area contributed by atoms with E-state index in [2.05, 4.69) is 21.4 Å². The summed E-state index contributed by atoms with van der Waals surface area (Å²) < 4.78 is 5.28. The van der Waals surface area contributed by atoms with Crippen molar-refractivity contribution in [1.82, 2.24) is 15.3 Å². The van der Waals surface area contributed by atoms with Crippen LogP contribution in [0.5, 0.6) is 5.75 Å². The van der Waals surface area contributed by atoms with Crippen molar-refractivity contribution >= 4 is 28.4 Å². The summed E-state index contributed by atoms with van der Waals surface area (Å²) in [7, 11) is 1.56. The van der Waals surface area contributed by atoms with Gasteiger partial charge in [0.25, 0.3) is 0 Å². The maximum absolute atomic E-state index is 13.4. The zero-order valence-electron chi connectivity index (χ0n) is 17.5. The second-order valence-corrected chi connectivity index (χ2v) is 8.15. The lowest BCUT2D eigenvalue weighted by atomic mass is 9.73. The molecule has 1 aliphatic heterocycles. The fraction of sp³-hybridized carbons (Fsp3) is 0.292. The third-order valence-corrected chi connectivity index (χ3v) is 6.46. The minimum absolute atomic E-state index is 0.00683. The molecule has 3 unspecified atom stereocenters. The largest absolute Gasteiger partial charge is 0.495 e. The van der Waals surface area contributed by atoms with Crippen molar-refractivity contribution in [3.8, 4) is 11.8 Å². The molecule has 1 N–H and O–H groups in total. The van der Waals surface area contributed by atoms with Crippen LogP contribution in [-0.4, -0.2) is 35.1 Å². The van der Waals surface area contributed by atoms with Gasteiger partial charge in [0, 0.05) is 23.0 Å². The first-order chi connectivity index (χ1) is 15.6. The quantitative estimate of drug-likeness (QED) is 0.685. The van der Waals surface area contributed by atoms with Crippen molar-refractivity contribution in [2.75, 3.05) is 12.0 Å². The summed E-state index contributed by atoms with van der Waals surface area (Å²) in [5.74, 6) is 0.0542. The molecule has 160 valence electrons. The monoisotopic (exact) mass is 427 g/mol. The van der Waals surface area contributed by atoms with E-state index in [9.17, 15) is 14.9 Å². The van der Waals surface area contributed by atoms with Crippen LogP contribution in [0.1, 0.15) is 36.4 Å². The topological polar surface area (TPSA) is 108 Å². The van der Waals surface area contributed by atoms with Crippen molar-refractivity contribution in [3.05, 3.63) is 60.2 Å². The molecule has 2 aromatic heterocycles. The average Bonchev–Trinajstić information content (AvgIpc) is 2.83. The number of urea groups is 1. The number of ether oxygens (including phenoxy) is 1. The molecule has 0 radical (unpaired) electrons. The van der Waals surface area contributed by atoms with E-state index in [0.29, 0.717) is 36.4 Å². The van der Waals surface area contributed by atoms with Crippen LogP contribution in [0, 0.1) is 17.2 Å². The Bertz CT molecular complexity index is 1260. The number of nitrogens with zero attached hydrogens (tertiary/aromatic N) is 4. The molecule has 32 heavy (non-hydrogen) atoms. The third kappa shape index (κ3) is 3.23. The van der Waals surface area contributed by atoms with Crippen LogP contribution in [0.2, 0.25) is 0 Å². The van der Waals surface area contributed by atoms with Gasteiger partial charge < -0.3 is 10.1 Å². The van der Waals surface area contributed by atoms with Crippen LogP contribution < -0.4 is 15.0 Å². The first kappa shape index (κ1) is 19.9. The Kier molecular flexibility index (Phi) is 4.94. The summed E-state index contributed by atoms with van der Waals surface area (Å²) in [5, 5.41) is 14.2. The number of rotatable bonds is 3. The minimum Gasteiger partial charge on any atom is -0.495 e. The molecular weight excluding hydrogens is 406 g/mol. The van der Waals surface area contributed by atoms with E-state index in [1.54, 1.807) is 19.5 Å². The number of aromatic nitrogens is 2. The van der Waals surface area contributed by atoms with Crippen molar-refractivity contribution in [3.63, 3.8) is 0 Å². The SMILES string of the molecule is COc1cnc(C#N)c(C2CCC3C(=O)N(c4cncc5ccccc45)C(=O)NC3C2)c1. The normalized spacial score (nSPS) is 22.8. The van der Waals surface area contributed by atoms with E-state index in [0.717, 1.165) is 16.3 Å². The number of hydrogen-bond donors (Lipinski definition) is 1. The van der Waals surface area contributed by atoms with E-state index in [4.69, 9.17) is 4.74 Å². The highest BCUT2D eigenvalue weighted by Gasteiger charge is 2.45. The van der Waals surface area contributed by atoms with Crippen molar-refractivity contribution in [1.29, 1.82) is 5.26 Å². The minimum atomic E-state index is -0.445. The molecule has 1 aliphatic carbocycles. The molecule has 3 heterocycles. The number of hydrogen-bond acceptors (Lipinski definition) is 6. The highest BCUT2D eigenvalue weighted by molar-refractivity contribution is 6.20. The number of carbonyl (C=O) groups is 2. The Morgan fingerprint density at radius 2 is 2.03 bits per heavy atom. The van der Waals surface area contributed by atoms with Crippen LogP contribution >= 0.6 is 0 Å². The summed E-state index contributed by atoms with van der Waals surface area (Å²) >= 11 is 0. The molecular formula is C24H21N5O3. The Hall–Kier alpha value is -3.99. The van der Waals surface area contributed by atoms with Gasteiger partial charge >= 0.3 is 6.03 Å². The Morgan fingerprint density at radius 1 is 1.19 bits per heavy atom. The molecule has 2 aliphatic rings. The smallest absolute Gasteiger partial charge is 0.329 e. The van der Waals surface area contributed by atoms with Crippen LogP contribution in [0.4, 0.5) is 10.5 Å². The summed E-state index contributed by atoms with van der Waals surface area (Å²) in [6.45, 7) is 0. The molecule has 3 amide bonds. The maximum atomic E-state index is 13.4. The number of methoxy groups -OCH3 is 1. The van der Waals surface area contributed by atoms with Gasteiger partial charge in [0.2, 0.25) is 5.91 Å². The Labute approximate surface area is 184 Å². The molecule has 8 nitrogen and oxygen atoms in total. The van der Waals surface area contributed by atoms with Crippen LogP contribution in [0.25, 0.3) is 10.8 Å². The second kappa shape index (κ2) is 7.93. The molecule has 3 aromatic rings. The number of fused-ring (bicyclic) bond motifs is 2. The molecule has 1 aromatic carbocycles. The van der Waals surface area contributed by atoms with Gasteiger partial charge in [0.1, 0.15) is 17.5 Å². The zero-order valence-corrected chi connectivity index (χ0v) is 17.5. The maximum Gasteiger partial charge on any atom is 0.329 e. The van der Waals surface area contributed by atoms with Gasteiger partial charge in [-0.3, -0.25) is 9.78 Å². The van der Waals surface area contributed by atoms with Crippen LogP contribution in [-0.2, 0) is 4.79 Å². The lowest BCUT2D eigenvalue weighted by Crippen LogP contribution is -2.61. The fourth-order valence-electron chi connectivity index (χ4n) is 4.88. The standard InChI is InChI=1S/C24H21N5O3/c1-32-16-9-19(21(10-25)27-12-16)14-6-7-18-20(8-14)28-24(31)29(23(18)30)22-13-26-11-15-4-2-3-5-17(15)22/h2-5,9,11-14,18,20H,6-8H2,1H3,(H,28,31). The molecule has 0 bridgehead atoms. The molecule has 2 fully saturated rings. The first-order valence-electron chi connectivity index (χ1n) is 10.5. The predicted molar refractivity (Wildman–Crippen MR) is 117 cm³/mol. The zero-order chi connectivity index (χ0) is 22.2. The van der Waals surface area contributed by atoms with Crippen LogP contribution in [0.15, 0.2) is 48.9 Å². The van der Waals surface area contributed by atoms with E-state index >= 15 is 0 Å². The average molecular weight is 427 g/mol. The number of carbonyl (C=O) groups excluding carboxylic acids is 2. The Morgan fingerprint density at radius 3 is 2.84 bits per heavy atom. The number of pyridine rings is 2. The van der Waals surface area contributed by atoms with Gasteiger partial charge in [-0.05, 0) is 36.8 Å². The van der Waals surface area contributed by atoms with E-state index in [1.165, 1.54) is 11.1 Å². The van der Waals surface area contributed by atoms with Gasteiger partial charge in [-0.25, -0.2) is 14.7 Å². The highest BCUT2D eigenvalue weighted by atomic mass is 16.5. The summed E-state index contributed by atoms with van der Waals surface area (Å²) in [6.07, 6.45) is 6.68. The molecule has 0 spiro atoms. The van der Waals surface area contributed by atoms with Gasteiger partial charge in [-0.15, -0.1) is 0 Å². The van der Waals surface area contributed by atoms with Gasteiger partial charge in [0.15, 0.2) is 0 Å². The fourth-order valence-corrected chi connectivity index (χ4v) is 4.88. The molecule has 1 saturated carbocycles. The van der Waals surface area contributed by atoms with E-state index in [1.807, 2.05) is 30.3 Å². The molecule has 1 saturated heterocycles. The van der Waals surface area contributed by atoms with Crippen molar-refractivity contribution < 1.29 is 14.3 Å². The second-order valence-electron chi connectivity index (χ2n) is 8.15. The molecule has 8 heteroatoms. The number of nitrogens with one attached hydrogen (secondary N) is 1. The third-order valence-electron chi connectivity index (χ3n) is 6.46. The molecule has 3 atom stereocenters. The number of imide groups is 1. The lowest BCUT2D eigenvalue weighted by molar-refractivity contribution is -0.124. The van der Waals surface area contributed by atoms with Gasteiger partial charge in [0.05, 0.1) is 31.1 Å². The van der Waals surface area contributed by atoms with E-state index in [-0.39, 0.29) is 23.8 Å². The first-order valence-corrected chi connectivity index (χ1v) is 10.5. The number of amides is 3. The van der Waals surface area contributed by atoms with E-state index < -0.39 is 6.03 Å².